The van der Waals surface area contributed by atoms with Crippen LogP contribution in [0, 0.1) is 0 Å². The maximum atomic E-state index is 11.8. The summed E-state index contributed by atoms with van der Waals surface area (Å²) in [4.78, 5) is 11.8. The molecule has 1 nitrogen and oxygen atoms in total. The second-order valence-corrected chi connectivity index (χ2v) is 5.12. The molecule has 18 heavy (non-hydrogen) atoms. The van der Waals surface area contributed by atoms with Gasteiger partial charge in [0.15, 0.2) is 5.78 Å². The number of carbonyl (C=O) groups excluding carboxylic acids is 1. The SMILES string of the molecule is CCCCc1cc(CCCC)c2c(c1)C(=O)C=C2. The molecule has 0 atom stereocenters. The summed E-state index contributed by atoms with van der Waals surface area (Å²) >= 11 is 0. The van der Waals surface area contributed by atoms with Crippen LogP contribution in [0.1, 0.15) is 66.6 Å². The van der Waals surface area contributed by atoms with E-state index < -0.39 is 0 Å². The Morgan fingerprint density at radius 1 is 0.944 bits per heavy atom. The van der Waals surface area contributed by atoms with Crippen LogP contribution in [0.2, 0.25) is 0 Å². The molecule has 0 fully saturated rings. The fraction of sp³-hybridized carbons (Fsp3) is 0.471. The molecule has 0 saturated carbocycles. The van der Waals surface area contributed by atoms with E-state index in [1.165, 1.54) is 42.4 Å². The van der Waals surface area contributed by atoms with Crippen LogP contribution in [-0.2, 0) is 12.8 Å². The van der Waals surface area contributed by atoms with Crippen molar-refractivity contribution in [3.63, 3.8) is 0 Å². The number of allylic oxidation sites excluding steroid dienone is 1. The van der Waals surface area contributed by atoms with Crippen LogP contribution in [0.5, 0.6) is 0 Å². The number of aryl methyl sites for hydroxylation is 2. The molecule has 1 aromatic rings. The molecule has 0 heterocycles. The normalized spacial score (nSPS) is 13.1. The highest BCUT2D eigenvalue weighted by atomic mass is 16.1. The lowest BCUT2D eigenvalue weighted by molar-refractivity contribution is 0.105. The summed E-state index contributed by atoms with van der Waals surface area (Å²) in [5.74, 6) is 0.182. The minimum Gasteiger partial charge on any atom is -0.289 e. The van der Waals surface area contributed by atoms with Gasteiger partial charge in [-0.25, -0.2) is 0 Å². The monoisotopic (exact) mass is 242 g/mol. The van der Waals surface area contributed by atoms with Crippen molar-refractivity contribution < 1.29 is 4.79 Å². The van der Waals surface area contributed by atoms with Gasteiger partial charge in [0.05, 0.1) is 0 Å². The predicted molar refractivity (Wildman–Crippen MR) is 77.0 cm³/mol. The molecule has 1 heteroatoms. The van der Waals surface area contributed by atoms with Gasteiger partial charge in [-0.1, -0.05) is 38.8 Å². The maximum absolute atomic E-state index is 11.8. The number of benzene rings is 1. The predicted octanol–water partition coefficient (Wildman–Crippen LogP) is 4.58. The zero-order valence-corrected chi connectivity index (χ0v) is 11.5. The third kappa shape index (κ3) is 2.72. The zero-order valence-electron chi connectivity index (χ0n) is 11.5. The minimum atomic E-state index is 0.182. The van der Waals surface area contributed by atoms with Gasteiger partial charge in [-0.2, -0.15) is 0 Å². The number of hydrogen-bond donors (Lipinski definition) is 0. The quantitative estimate of drug-likeness (QED) is 0.713. The first-order chi connectivity index (χ1) is 8.76. The molecule has 0 spiro atoms. The molecule has 0 N–H and O–H groups in total. The highest BCUT2D eigenvalue weighted by Gasteiger charge is 2.17. The standard InChI is InChI=1S/C17H22O/c1-3-5-7-13-11-14(8-6-4-2)15-9-10-17(18)16(15)12-13/h9-12H,3-8H2,1-2H3. The Morgan fingerprint density at radius 2 is 1.67 bits per heavy atom. The van der Waals surface area contributed by atoms with E-state index in [-0.39, 0.29) is 5.78 Å². The molecule has 1 aliphatic rings. The summed E-state index contributed by atoms with van der Waals surface area (Å²) in [5, 5.41) is 0. The fourth-order valence-corrected chi connectivity index (χ4v) is 2.53. The van der Waals surface area contributed by atoms with E-state index in [4.69, 9.17) is 0 Å². The Morgan fingerprint density at radius 3 is 2.39 bits per heavy atom. The molecular formula is C17H22O. The second kappa shape index (κ2) is 5.99. The molecule has 0 bridgehead atoms. The summed E-state index contributed by atoms with van der Waals surface area (Å²) in [6, 6.07) is 4.41. The molecule has 0 amide bonds. The minimum absolute atomic E-state index is 0.182. The summed E-state index contributed by atoms with van der Waals surface area (Å²) in [6.07, 6.45) is 10.7. The van der Waals surface area contributed by atoms with Crippen molar-refractivity contribution in [1.82, 2.24) is 0 Å². The van der Waals surface area contributed by atoms with Crippen molar-refractivity contribution in [3.05, 3.63) is 40.5 Å². The molecule has 0 saturated heterocycles. The lowest BCUT2D eigenvalue weighted by atomic mass is 9.94. The Kier molecular flexibility index (Phi) is 4.35. The summed E-state index contributed by atoms with van der Waals surface area (Å²) in [6.45, 7) is 4.42. The average Bonchev–Trinajstić information content (AvgIpc) is 2.75. The Labute approximate surface area is 110 Å². The number of unbranched alkanes of at least 4 members (excludes halogenated alkanes) is 2. The Hall–Kier alpha value is -1.37. The van der Waals surface area contributed by atoms with E-state index in [9.17, 15) is 4.79 Å². The molecule has 0 unspecified atom stereocenters. The van der Waals surface area contributed by atoms with Gasteiger partial charge in [0.1, 0.15) is 0 Å². The highest BCUT2D eigenvalue weighted by molar-refractivity contribution is 6.14. The van der Waals surface area contributed by atoms with Crippen molar-refractivity contribution in [3.8, 4) is 0 Å². The summed E-state index contributed by atoms with van der Waals surface area (Å²) < 4.78 is 0. The van der Waals surface area contributed by atoms with E-state index in [1.807, 2.05) is 6.08 Å². The average molecular weight is 242 g/mol. The van der Waals surface area contributed by atoms with E-state index in [1.54, 1.807) is 6.08 Å². The number of carbonyl (C=O) groups is 1. The largest absolute Gasteiger partial charge is 0.289 e. The molecule has 1 aliphatic carbocycles. The lowest BCUT2D eigenvalue weighted by Gasteiger charge is -2.10. The van der Waals surface area contributed by atoms with Gasteiger partial charge in [0.2, 0.25) is 0 Å². The molecule has 1 aromatic carbocycles. The Balaban J connectivity index is 2.31. The molecule has 2 rings (SSSR count). The van der Waals surface area contributed by atoms with Gasteiger partial charge >= 0.3 is 0 Å². The van der Waals surface area contributed by atoms with Gasteiger partial charge in [0, 0.05) is 5.56 Å². The maximum Gasteiger partial charge on any atom is 0.186 e. The van der Waals surface area contributed by atoms with Crippen molar-refractivity contribution in [1.29, 1.82) is 0 Å². The van der Waals surface area contributed by atoms with Gasteiger partial charge in [-0.3, -0.25) is 4.79 Å². The number of fused-ring (bicyclic) bond motifs is 1. The second-order valence-electron chi connectivity index (χ2n) is 5.12. The van der Waals surface area contributed by atoms with E-state index >= 15 is 0 Å². The van der Waals surface area contributed by atoms with Crippen molar-refractivity contribution in [2.75, 3.05) is 0 Å². The summed E-state index contributed by atoms with van der Waals surface area (Å²) in [5.41, 5.74) is 4.80. The van der Waals surface area contributed by atoms with E-state index in [0.29, 0.717) is 0 Å². The molecule has 0 radical (unpaired) electrons. The molecule has 0 aromatic heterocycles. The van der Waals surface area contributed by atoms with Crippen LogP contribution >= 0.6 is 0 Å². The van der Waals surface area contributed by atoms with Crippen LogP contribution in [0.25, 0.3) is 6.08 Å². The third-order valence-corrected chi connectivity index (χ3v) is 3.61. The topological polar surface area (TPSA) is 17.1 Å². The first kappa shape index (κ1) is 13.1. The smallest absolute Gasteiger partial charge is 0.186 e. The van der Waals surface area contributed by atoms with Crippen LogP contribution in [0.15, 0.2) is 18.2 Å². The van der Waals surface area contributed by atoms with Crippen LogP contribution in [0.4, 0.5) is 0 Å². The van der Waals surface area contributed by atoms with Gasteiger partial charge in [0.25, 0.3) is 0 Å². The molecule has 0 aliphatic heterocycles. The van der Waals surface area contributed by atoms with Crippen molar-refractivity contribution in [2.45, 2.75) is 52.4 Å². The molecular weight excluding hydrogens is 220 g/mol. The van der Waals surface area contributed by atoms with E-state index in [2.05, 4.69) is 26.0 Å². The zero-order chi connectivity index (χ0) is 13.0. The van der Waals surface area contributed by atoms with Crippen molar-refractivity contribution in [2.24, 2.45) is 0 Å². The van der Waals surface area contributed by atoms with Crippen molar-refractivity contribution >= 4 is 11.9 Å². The van der Waals surface area contributed by atoms with Crippen LogP contribution in [0.3, 0.4) is 0 Å². The highest BCUT2D eigenvalue weighted by Crippen LogP contribution is 2.27. The Bertz CT molecular complexity index is 469. The first-order valence-corrected chi connectivity index (χ1v) is 7.14. The van der Waals surface area contributed by atoms with Crippen LogP contribution < -0.4 is 0 Å². The third-order valence-electron chi connectivity index (χ3n) is 3.61. The van der Waals surface area contributed by atoms with Gasteiger partial charge < -0.3 is 0 Å². The number of rotatable bonds is 6. The number of hydrogen-bond acceptors (Lipinski definition) is 1. The number of ketones is 1. The van der Waals surface area contributed by atoms with Gasteiger partial charge in [-0.05, 0) is 54.5 Å². The van der Waals surface area contributed by atoms with Gasteiger partial charge in [-0.15, -0.1) is 0 Å². The summed E-state index contributed by atoms with van der Waals surface area (Å²) in [7, 11) is 0. The van der Waals surface area contributed by atoms with E-state index in [0.717, 1.165) is 18.4 Å². The molecule has 96 valence electrons. The van der Waals surface area contributed by atoms with Crippen LogP contribution in [-0.4, -0.2) is 5.78 Å². The fourth-order valence-electron chi connectivity index (χ4n) is 2.53. The lowest BCUT2D eigenvalue weighted by Crippen LogP contribution is -2.00. The first-order valence-electron chi connectivity index (χ1n) is 7.14.